The minimum atomic E-state index is 0.357. The highest BCUT2D eigenvalue weighted by Gasteiger charge is 2.35. The highest BCUT2D eigenvalue weighted by atomic mass is 16.1. The fourth-order valence-corrected chi connectivity index (χ4v) is 3.15. The maximum Gasteiger partial charge on any atom is 0.158 e. The van der Waals surface area contributed by atoms with Crippen molar-refractivity contribution in [3.63, 3.8) is 0 Å². The monoisotopic (exact) mass is 192 g/mol. The summed E-state index contributed by atoms with van der Waals surface area (Å²) in [7, 11) is 0. The summed E-state index contributed by atoms with van der Waals surface area (Å²) in [4.78, 5) is 11.8. The summed E-state index contributed by atoms with van der Waals surface area (Å²) in [6, 6.07) is 0. The van der Waals surface area contributed by atoms with E-state index in [1.165, 1.54) is 25.7 Å². The van der Waals surface area contributed by atoms with Crippen molar-refractivity contribution in [3.05, 3.63) is 12.2 Å². The van der Waals surface area contributed by atoms with Crippen molar-refractivity contribution >= 4 is 5.78 Å². The predicted octanol–water partition coefficient (Wildman–Crippen LogP) is 3.35. The minimum absolute atomic E-state index is 0.357. The second-order valence-corrected chi connectivity index (χ2v) is 4.77. The molecule has 14 heavy (non-hydrogen) atoms. The smallest absolute Gasteiger partial charge is 0.158 e. The van der Waals surface area contributed by atoms with Gasteiger partial charge in [-0.1, -0.05) is 32.3 Å². The third kappa shape index (κ3) is 1.77. The number of allylic oxidation sites excluding steroid dienone is 2. The maximum atomic E-state index is 11.8. The summed E-state index contributed by atoms with van der Waals surface area (Å²) in [5.74, 6) is 2.16. The van der Waals surface area contributed by atoms with E-state index in [4.69, 9.17) is 0 Å². The standard InChI is InChI=1S/C13H20O/c1-2-5-12-11-7-4-3-6-10(11)8-9-13(12)14/h8-12H,2-7H2,1H3/t10-,11?,12-/m0/s1. The molecule has 0 aliphatic heterocycles. The van der Waals surface area contributed by atoms with Gasteiger partial charge in [-0.05, 0) is 37.2 Å². The molecule has 0 aromatic carbocycles. The molecule has 0 amide bonds. The van der Waals surface area contributed by atoms with Crippen molar-refractivity contribution in [3.8, 4) is 0 Å². The Balaban J connectivity index is 2.13. The highest BCUT2D eigenvalue weighted by molar-refractivity contribution is 5.92. The van der Waals surface area contributed by atoms with E-state index in [9.17, 15) is 4.79 Å². The molecule has 3 atom stereocenters. The molecule has 1 unspecified atom stereocenters. The van der Waals surface area contributed by atoms with Crippen LogP contribution in [0.1, 0.15) is 45.4 Å². The van der Waals surface area contributed by atoms with Gasteiger partial charge in [0, 0.05) is 5.92 Å². The number of ketones is 1. The van der Waals surface area contributed by atoms with E-state index in [1.54, 1.807) is 0 Å². The first-order valence-electron chi connectivity index (χ1n) is 6.05. The second-order valence-electron chi connectivity index (χ2n) is 4.77. The lowest BCUT2D eigenvalue weighted by molar-refractivity contribution is -0.121. The van der Waals surface area contributed by atoms with E-state index in [0.29, 0.717) is 17.6 Å². The van der Waals surface area contributed by atoms with Gasteiger partial charge >= 0.3 is 0 Å². The van der Waals surface area contributed by atoms with Gasteiger partial charge in [-0.3, -0.25) is 4.79 Å². The van der Waals surface area contributed by atoms with Gasteiger partial charge in [0.05, 0.1) is 0 Å². The van der Waals surface area contributed by atoms with Crippen LogP contribution in [0, 0.1) is 17.8 Å². The number of hydrogen-bond acceptors (Lipinski definition) is 1. The van der Waals surface area contributed by atoms with Crippen LogP contribution in [0.25, 0.3) is 0 Å². The zero-order valence-corrected chi connectivity index (χ0v) is 9.04. The molecule has 0 radical (unpaired) electrons. The first-order chi connectivity index (χ1) is 6.83. The Bertz CT molecular complexity index is 242. The zero-order valence-electron chi connectivity index (χ0n) is 9.04. The fourth-order valence-electron chi connectivity index (χ4n) is 3.15. The van der Waals surface area contributed by atoms with Gasteiger partial charge in [0.2, 0.25) is 0 Å². The Morgan fingerprint density at radius 1 is 1.36 bits per heavy atom. The third-order valence-electron chi connectivity index (χ3n) is 3.86. The summed E-state index contributed by atoms with van der Waals surface area (Å²) in [5.41, 5.74) is 0. The van der Waals surface area contributed by atoms with Crippen LogP contribution >= 0.6 is 0 Å². The van der Waals surface area contributed by atoms with Crippen molar-refractivity contribution in [2.45, 2.75) is 45.4 Å². The molecule has 2 aliphatic rings. The SMILES string of the molecule is CCC[C@@H]1C(=O)C=C[C@@H]2CCCCC21. The summed E-state index contributed by atoms with van der Waals surface area (Å²) in [6.45, 7) is 2.18. The van der Waals surface area contributed by atoms with Gasteiger partial charge in [-0.2, -0.15) is 0 Å². The van der Waals surface area contributed by atoms with E-state index in [2.05, 4.69) is 13.0 Å². The summed E-state index contributed by atoms with van der Waals surface area (Å²) >= 11 is 0. The number of rotatable bonds is 2. The van der Waals surface area contributed by atoms with E-state index < -0.39 is 0 Å². The van der Waals surface area contributed by atoms with Crippen LogP contribution in [0.3, 0.4) is 0 Å². The Labute approximate surface area is 86.6 Å². The molecular formula is C13H20O. The molecule has 0 bridgehead atoms. The normalized spacial score (nSPS) is 36.9. The van der Waals surface area contributed by atoms with E-state index >= 15 is 0 Å². The molecule has 0 aromatic heterocycles. The van der Waals surface area contributed by atoms with E-state index in [1.807, 2.05) is 6.08 Å². The van der Waals surface area contributed by atoms with E-state index in [-0.39, 0.29) is 0 Å². The Hall–Kier alpha value is -0.590. The van der Waals surface area contributed by atoms with Crippen molar-refractivity contribution in [1.82, 2.24) is 0 Å². The van der Waals surface area contributed by atoms with Gasteiger partial charge in [-0.15, -0.1) is 0 Å². The van der Waals surface area contributed by atoms with E-state index in [0.717, 1.165) is 18.8 Å². The molecular weight excluding hydrogens is 172 g/mol. The van der Waals surface area contributed by atoms with Gasteiger partial charge in [0.15, 0.2) is 5.78 Å². The molecule has 1 heteroatoms. The lowest BCUT2D eigenvalue weighted by Gasteiger charge is -2.37. The van der Waals surface area contributed by atoms with Gasteiger partial charge in [-0.25, -0.2) is 0 Å². The third-order valence-corrected chi connectivity index (χ3v) is 3.86. The molecule has 0 saturated heterocycles. The van der Waals surface area contributed by atoms with Crippen LogP contribution < -0.4 is 0 Å². The van der Waals surface area contributed by atoms with Gasteiger partial charge in [0.25, 0.3) is 0 Å². The topological polar surface area (TPSA) is 17.1 Å². The molecule has 0 heterocycles. The van der Waals surface area contributed by atoms with Crippen LogP contribution in [-0.4, -0.2) is 5.78 Å². The average Bonchev–Trinajstić information content (AvgIpc) is 2.23. The molecule has 1 nitrogen and oxygen atoms in total. The van der Waals surface area contributed by atoms with Crippen molar-refractivity contribution in [2.75, 3.05) is 0 Å². The van der Waals surface area contributed by atoms with Crippen molar-refractivity contribution < 1.29 is 4.79 Å². The maximum absolute atomic E-state index is 11.8. The number of carbonyl (C=O) groups excluding carboxylic acids is 1. The largest absolute Gasteiger partial charge is 0.295 e. The Morgan fingerprint density at radius 3 is 2.93 bits per heavy atom. The number of hydrogen-bond donors (Lipinski definition) is 0. The van der Waals surface area contributed by atoms with Crippen molar-refractivity contribution in [1.29, 1.82) is 0 Å². The number of carbonyl (C=O) groups is 1. The molecule has 2 aliphatic carbocycles. The molecule has 2 rings (SSSR count). The van der Waals surface area contributed by atoms with Crippen LogP contribution in [0.2, 0.25) is 0 Å². The van der Waals surface area contributed by atoms with Crippen LogP contribution in [0.5, 0.6) is 0 Å². The minimum Gasteiger partial charge on any atom is -0.295 e. The first-order valence-corrected chi connectivity index (χ1v) is 6.05. The summed E-state index contributed by atoms with van der Waals surface area (Å²) in [6.07, 6.45) is 11.6. The quantitative estimate of drug-likeness (QED) is 0.655. The fraction of sp³-hybridized carbons (Fsp3) is 0.769. The highest BCUT2D eigenvalue weighted by Crippen LogP contribution is 2.40. The van der Waals surface area contributed by atoms with Crippen LogP contribution in [-0.2, 0) is 4.79 Å². The molecule has 0 aromatic rings. The summed E-state index contributed by atoms with van der Waals surface area (Å²) < 4.78 is 0. The molecule has 0 N–H and O–H groups in total. The Morgan fingerprint density at radius 2 is 2.14 bits per heavy atom. The van der Waals surface area contributed by atoms with Crippen LogP contribution in [0.15, 0.2) is 12.2 Å². The lowest BCUT2D eigenvalue weighted by atomic mass is 9.67. The zero-order chi connectivity index (χ0) is 9.97. The second kappa shape index (κ2) is 4.29. The lowest BCUT2D eigenvalue weighted by Crippen LogP contribution is -2.33. The summed E-state index contributed by atoms with van der Waals surface area (Å²) in [5, 5.41) is 0. The Kier molecular flexibility index (Phi) is 3.05. The van der Waals surface area contributed by atoms with Gasteiger partial charge < -0.3 is 0 Å². The van der Waals surface area contributed by atoms with Crippen LogP contribution in [0.4, 0.5) is 0 Å². The average molecular weight is 192 g/mol. The predicted molar refractivity (Wildman–Crippen MR) is 58.0 cm³/mol. The number of fused-ring (bicyclic) bond motifs is 1. The first kappa shape index (κ1) is 9.95. The van der Waals surface area contributed by atoms with Crippen molar-refractivity contribution in [2.24, 2.45) is 17.8 Å². The molecule has 0 spiro atoms. The molecule has 1 fully saturated rings. The molecule has 1 saturated carbocycles. The molecule has 78 valence electrons. The van der Waals surface area contributed by atoms with Gasteiger partial charge in [0.1, 0.15) is 0 Å².